The van der Waals surface area contributed by atoms with Gasteiger partial charge in [-0.15, -0.1) is 0 Å². The van der Waals surface area contributed by atoms with Gasteiger partial charge in [0.05, 0.1) is 17.8 Å². The number of aromatic nitrogens is 2. The Hall–Kier alpha value is -2.48. The fourth-order valence-electron chi connectivity index (χ4n) is 2.31. The summed E-state index contributed by atoms with van der Waals surface area (Å²) in [6.45, 7) is 1.98. The van der Waals surface area contributed by atoms with Gasteiger partial charge in [0.1, 0.15) is 5.75 Å². The number of nitrogens with one attached hydrogen (secondary N) is 1. The van der Waals surface area contributed by atoms with Gasteiger partial charge < -0.3 is 10.1 Å². The second-order valence-electron chi connectivity index (χ2n) is 5.72. The summed E-state index contributed by atoms with van der Waals surface area (Å²) in [7, 11) is 1.57. The lowest BCUT2D eigenvalue weighted by Gasteiger charge is -2.05. The number of rotatable bonds is 7. The number of ether oxygens (including phenoxy) is 1. The highest BCUT2D eigenvalue weighted by atomic mass is 35.5. The van der Waals surface area contributed by atoms with Crippen LogP contribution in [0.3, 0.4) is 0 Å². The zero-order valence-corrected chi connectivity index (χ0v) is 15.6. The van der Waals surface area contributed by atoms with Crippen molar-refractivity contribution in [2.75, 3.05) is 13.7 Å². The fraction of sp³-hybridized carbons (Fsp3) is 0.333. The molecule has 1 aromatic carbocycles. The van der Waals surface area contributed by atoms with Crippen molar-refractivity contribution in [3.63, 3.8) is 0 Å². The molecule has 0 aliphatic rings. The molecule has 0 saturated carbocycles. The molecule has 2 rings (SSSR count). The average molecular weight is 402 g/mol. The summed E-state index contributed by atoms with van der Waals surface area (Å²) >= 11 is 5.69. The predicted octanol–water partition coefficient (Wildman–Crippen LogP) is 4.09. The Morgan fingerprint density at radius 1 is 1.33 bits per heavy atom. The van der Waals surface area contributed by atoms with Crippen LogP contribution in [0.5, 0.6) is 5.75 Å². The Balaban J connectivity index is 1.81. The van der Waals surface area contributed by atoms with Gasteiger partial charge in [-0.2, -0.15) is 18.3 Å². The van der Waals surface area contributed by atoms with Gasteiger partial charge in [-0.05, 0) is 37.1 Å². The van der Waals surface area contributed by atoms with Crippen LogP contribution in [0.25, 0.3) is 6.08 Å². The number of benzene rings is 1. The molecule has 0 spiro atoms. The van der Waals surface area contributed by atoms with E-state index in [2.05, 4.69) is 10.4 Å². The van der Waals surface area contributed by atoms with Crippen LogP contribution in [0.2, 0.25) is 5.02 Å². The number of nitrogens with zero attached hydrogens (tertiary/aromatic N) is 2. The van der Waals surface area contributed by atoms with Crippen molar-refractivity contribution in [1.82, 2.24) is 15.1 Å². The van der Waals surface area contributed by atoms with Crippen molar-refractivity contribution in [1.29, 1.82) is 0 Å². The molecule has 0 radical (unpaired) electrons. The molecule has 1 aromatic heterocycles. The minimum Gasteiger partial charge on any atom is -0.497 e. The molecule has 0 unspecified atom stereocenters. The third-order valence-corrected chi connectivity index (χ3v) is 4.24. The summed E-state index contributed by atoms with van der Waals surface area (Å²) in [5.41, 5.74) is -0.00437. The smallest absolute Gasteiger partial charge is 0.436 e. The number of carbonyl (C=O) groups is 1. The minimum absolute atomic E-state index is 0.212. The first-order valence-corrected chi connectivity index (χ1v) is 8.50. The molecule has 0 aliphatic carbocycles. The van der Waals surface area contributed by atoms with Crippen molar-refractivity contribution in [3.8, 4) is 5.75 Å². The molecule has 0 aliphatic heterocycles. The summed E-state index contributed by atoms with van der Waals surface area (Å²) in [6.07, 6.45) is -1.13. The van der Waals surface area contributed by atoms with Crippen molar-refractivity contribution in [2.24, 2.45) is 0 Å². The molecule has 9 heteroatoms. The monoisotopic (exact) mass is 401 g/mol. The number of halogens is 4. The van der Waals surface area contributed by atoms with Crippen LogP contribution in [0.1, 0.15) is 23.4 Å². The van der Waals surface area contributed by atoms with E-state index in [1.807, 2.05) is 12.1 Å². The topological polar surface area (TPSA) is 56.1 Å². The largest absolute Gasteiger partial charge is 0.497 e. The van der Waals surface area contributed by atoms with E-state index >= 15 is 0 Å². The van der Waals surface area contributed by atoms with Crippen LogP contribution in [0.4, 0.5) is 13.2 Å². The first-order chi connectivity index (χ1) is 12.7. The molecule has 1 N–H and O–H groups in total. The normalized spacial score (nSPS) is 11.8. The first kappa shape index (κ1) is 20.8. The number of carbonyl (C=O) groups excluding carboxylic acids is 1. The Bertz CT molecular complexity index is 814. The standard InChI is InChI=1S/C18H19ClF3N3O2/c1-12-16(19)17(18(20,21)22)24-25(12)11-3-10-23-15(26)9-6-13-4-7-14(27-2)8-5-13/h4-9H,3,10-11H2,1-2H3,(H,23,26)/b9-6+. The SMILES string of the molecule is COc1ccc(/C=C/C(=O)NCCCn2nc(C(F)(F)F)c(Cl)c2C)cc1. The van der Waals surface area contributed by atoms with Crippen LogP contribution in [-0.2, 0) is 17.5 Å². The molecule has 27 heavy (non-hydrogen) atoms. The van der Waals surface area contributed by atoms with E-state index < -0.39 is 16.9 Å². The summed E-state index contributed by atoms with van der Waals surface area (Å²) in [5, 5.41) is 5.79. The quantitative estimate of drug-likeness (QED) is 0.561. The summed E-state index contributed by atoms with van der Waals surface area (Å²) < 4.78 is 44.6. The predicted molar refractivity (Wildman–Crippen MR) is 96.6 cm³/mol. The van der Waals surface area contributed by atoms with Crippen LogP contribution in [0.15, 0.2) is 30.3 Å². The highest BCUT2D eigenvalue weighted by molar-refractivity contribution is 6.31. The maximum absolute atomic E-state index is 12.8. The summed E-state index contributed by atoms with van der Waals surface area (Å²) in [5.74, 6) is 0.427. The second kappa shape index (κ2) is 8.94. The van der Waals surface area contributed by atoms with Crippen LogP contribution < -0.4 is 10.1 Å². The van der Waals surface area contributed by atoms with Crippen LogP contribution in [0, 0.1) is 6.92 Å². The molecule has 0 bridgehead atoms. The third-order valence-electron chi connectivity index (χ3n) is 3.79. The molecule has 1 heterocycles. The number of aryl methyl sites for hydroxylation is 1. The second-order valence-corrected chi connectivity index (χ2v) is 6.10. The van der Waals surface area contributed by atoms with Gasteiger partial charge in [0, 0.05) is 19.2 Å². The molecular formula is C18H19ClF3N3O2. The van der Waals surface area contributed by atoms with Crippen molar-refractivity contribution in [3.05, 3.63) is 52.3 Å². The van der Waals surface area contributed by atoms with Gasteiger partial charge >= 0.3 is 6.18 Å². The van der Waals surface area contributed by atoms with E-state index in [1.165, 1.54) is 17.7 Å². The first-order valence-electron chi connectivity index (χ1n) is 8.12. The molecule has 5 nitrogen and oxygen atoms in total. The number of alkyl halides is 3. The summed E-state index contributed by atoms with van der Waals surface area (Å²) in [6, 6.07) is 7.19. The number of methoxy groups -OCH3 is 1. The molecule has 1 amide bonds. The lowest BCUT2D eigenvalue weighted by molar-refractivity contribution is -0.141. The van der Waals surface area contributed by atoms with E-state index in [-0.39, 0.29) is 18.1 Å². The third kappa shape index (κ3) is 5.75. The van der Waals surface area contributed by atoms with Gasteiger partial charge in [0.2, 0.25) is 5.91 Å². The van der Waals surface area contributed by atoms with Crippen molar-refractivity contribution >= 4 is 23.6 Å². The Labute approximate surface area is 159 Å². The number of amides is 1. The zero-order chi connectivity index (χ0) is 20.0. The Morgan fingerprint density at radius 3 is 2.56 bits per heavy atom. The minimum atomic E-state index is -4.59. The molecule has 0 fully saturated rings. The van der Waals surface area contributed by atoms with E-state index in [9.17, 15) is 18.0 Å². The highest BCUT2D eigenvalue weighted by Gasteiger charge is 2.38. The lowest BCUT2D eigenvalue weighted by Crippen LogP contribution is -2.23. The van der Waals surface area contributed by atoms with Crippen LogP contribution >= 0.6 is 11.6 Å². The molecule has 0 saturated heterocycles. The fourth-order valence-corrected chi connectivity index (χ4v) is 2.55. The summed E-state index contributed by atoms with van der Waals surface area (Å²) in [4.78, 5) is 11.8. The van der Waals surface area contributed by atoms with Crippen LogP contribution in [-0.4, -0.2) is 29.3 Å². The van der Waals surface area contributed by atoms with Gasteiger partial charge in [0.25, 0.3) is 0 Å². The number of hydrogen-bond donors (Lipinski definition) is 1. The Kier molecular flexibility index (Phi) is 6.90. The highest BCUT2D eigenvalue weighted by Crippen LogP contribution is 2.35. The molecular weight excluding hydrogens is 383 g/mol. The van der Waals surface area contributed by atoms with Gasteiger partial charge in [-0.1, -0.05) is 23.7 Å². The van der Waals surface area contributed by atoms with E-state index in [0.717, 1.165) is 11.3 Å². The maximum atomic E-state index is 12.8. The maximum Gasteiger partial charge on any atom is 0.436 e. The van der Waals surface area contributed by atoms with Crippen molar-refractivity contribution < 1.29 is 22.7 Å². The van der Waals surface area contributed by atoms with Crippen molar-refractivity contribution in [2.45, 2.75) is 26.1 Å². The van der Waals surface area contributed by atoms with Gasteiger partial charge in [-0.25, -0.2) is 0 Å². The molecule has 2 aromatic rings. The zero-order valence-electron chi connectivity index (χ0n) is 14.8. The average Bonchev–Trinajstić information content (AvgIpc) is 2.92. The van der Waals surface area contributed by atoms with E-state index in [1.54, 1.807) is 25.3 Å². The van der Waals surface area contributed by atoms with E-state index in [4.69, 9.17) is 16.3 Å². The van der Waals surface area contributed by atoms with Gasteiger partial charge in [-0.3, -0.25) is 9.48 Å². The lowest BCUT2D eigenvalue weighted by atomic mass is 10.2. The molecule has 146 valence electrons. The molecule has 0 atom stereocenters. The van der Waals surface area contributed by atoms with Gasteiger partial charge in [0.15, 0.2) is 5.69 Å². The van der Waals surface area contributed by atoms with E-state index in [0.29, 0.717) is 13.0 Å². The Morgan fingerprint density at radius 2 is 2.00 bits per heavy atom. The number of hydrogen-bond acceptors (Lipinski definition) is 3.